The molecule has 0 heterocycles. The van der Waals surface area contributed by atoms with Crippen LogP contribution in [0.15, 0.2) is 78.9 Å². The molecule has 3 aromatic rings. The van der Waals surface area contributed by atoms with Crippen molar-refractivity contribution in [1.82, 2.24) is 5.32 Å². The largest absolute Gasteiger partial charge is 0.447 e. The number of carbonyl (C=O) groups excluding carboxylic acids is 2. The fraction of sp³-hybridized carbons (Fsp3) is 0.120. The summed E-state index contributed by atoms with van der Waals surface area (Å²) in [6.07, 6.45) is 4.77. The van der Waals surface area contributed by atoms with Crippen molar-refractivity contribution in [2.75, 3.05) is 11.9 Å². The SMILES string of the molecule is C#Cc1ccc(C(=O)NC(COC(=O)Nc2ccc(C)cc2)c2ccccc2)cc1. The molecule has 0 aromatic heterocycles. The van der Waals surface area contributed by atoms with Crippen LogP contribution in [-0.2, 0) is 4.74 Å². The molecule has 0 radical (unpaired) electrons. The molecule has 3 aromatic carbocycles. The van der Waals surface area contributed by atoms with Crippen LogP contribution in [0.1, 0.15) is 33.1 Å². The standard InChI is InChI=1S/C25H22N2O3/c1-3-19-11-13-21(14-12-19)24(28)27-23(20-7-5-4-6-8-20)17-30-25(29)26-22-15-9-18(2)10-16-22/h1,4-16,23H,17H2,2H3,(H,26,29)(H,27,28). The van der Waals surface area contributed by atoms with Gasteiger partial charge in [-0.25, -0.2) is 4.79 Å². The first-order chi connectivity index (χ1) is 14.5. The monoisotopic (exact) mass is 398 g/mol. The topological polar surface area (TPSA) is 67.4 Å². The number of nitrogens with one attached hydrogen (secondary N) is 2. The summed E-state index contributed by atoms with van der Waals surface area (Å²) < 4.78 is 5.37. The van der Waals surface area contributed by atoms with Crippen molar-refractivity contribution in [3.63, 3.8) is 0 Å². The summed E-state index contributed by atoms with van der Waals surface area (Å²) >= 11 is 0. The van der Waals surface area contributed by atoms with E-state index in [1.807, 2.05) is 49.4 Å². The molecular weight excluding hydrogens is 376 g/mol. The van der Waals surface area contributed by atoms with Gasteiger partial charge in [-0.05, 0) is 48.9 Å². The van der Waals surface area contributed by atoms with Gasteiger partial charge >= 0.3 is 6.09 Å². The van der Waals surface area contributed by atoms with Gasteiger partial charge in [0.2, 0.25) is 0 Å². The maximum Gasteiger partial charge on any atom is 0.411 e. The smallest absolute Gasteiger partial charge is 0.411 e. The molecule has 2 amide bonds. The molecule has 0 aliphatic heterocycles. The van der Waals surface area contributed by atoms with Crippen LogP contribution in [-0.4, -0.2) is 18.6 Å². The van der Waals surface area contributed by atoms with Crippen molar-refractivity contribution >= 4 is 17.7 Å². The summed E-state index contributed by atoms with van der Waals surface area (Å²) in [5.41, 5.74) is 3.73. The molecule has 0 fully saturated rings. The predicted molar refractivity (Wildman–Crippen MR) is 117 cm³/mol. The number of terminal acetylenes is 1. The molecule has 5 heteroatoms. The van der Waals surface area contributed by atoms with E-state index in [0.29, 0.717) is 16.8 Å². The van der Waals surface area contributed by atoms with Crippen LogP contribution >= 0.6 is 0 Å². The molecule has 0 saturated carbocycles. The Bertz CT molecular complexity index is 1040. The van der Waals surface area contributed by atoms with E-state index in [0.717, 1.165) is 11.1 Å². The highest BCUT2D eigenvalue weighted by atomic mass is 16.5. The number of hydrogen-bond donors (Lipinski definition) is 2. The highest BCUT2D eigenvalue weighted by Crippen LogP contribution is 2.16. The lowest BCUT2D eigenvalue weighted by atomic mass is 10.1. The zero-order valence-corrected chi connectivity index (χ0v) is 16.6. The maximum absolute atomic E-state index is 12.7. The molecule has 1 unspecified atom stereocenters. The molecule has 150 valence electrons. The molecule has 0 saturated heterocycles. The van der Waals surface area contributed by atoms with E-state index < -0.39 is 12.1 Å². The normalized spacial score (nSPS) is 11.1. The maximum atomic E-state index is 12.7. The third-order valence-electron chi connectivity index (χ3n) is 4.50. The van der Waals surface area contributed by atoms with Crippen LogP contribution < -0.4 is 10.6 Å². The number of ether oxygens (including phenoxy) is 1. The van der Waals surface area contributed by atoms with Crippen LogP contribution in [0.4, 0.5) is 10.5 Å². The van der Waals surface area contributed by atoms with E-state index in [4.69, 9.17) is 11.2 Å². The molecule has 5 nitrogen and oxygen atoms in total. The first-order valence-corrected chi connectivity index (χ1v) is 9.48. The Morgan fingerprint density at radius 2 is 1.63 bits per heavy atom. The van der Waals surface area contributed by atoms with Crippen LogP contribution in [0.5, 0.6) is 0 Å². The second kappa shape index (κ2) is 9.94. The summed E-state index contributed by atoms with van der Waals surface area (Å²) in [5, 5.41) is 5.60. The Morgan fingerprint density at radius 3 is 2.27 bits per heavy atom. The van der Waals surface area contributed by atoms with Crippen molar-refractivity contribution in [2.45, 2.75) is 13.0 Å². The second-order valence-electron chi connectivity index (χ2n) is 6.75. The summed E-state index contributed by atoms with van der Waals surface area (Å²) in [6.45, 7) is 1.95. The predicted octanol–water partition coefficient (Wildman–Crippen LogP) is 4.70. The van der Waals surface area contributed by atoms with Crippen molar-refractivity contribution in [2.24, 2.45) is 0 Å². The molecule has 0 aliphatic rings. The molecule has 3 rings (SSSR count). The highest BCUT2D eigenvalue weighted by molar-refractivity contribution is 5.94. The van der Waals surface area contributed by atoms with E-state index in [-0.39, 0.29) is 12.5 Å². The lowest BCUT2D eigenvalue weighted by Crippen LogP contribution is -2.32. The van der Waals surface area contributed by atoms with Gasteiger partial charge in [0.1, 0.15) is 6.61 Å². The highest BCUT2D eigenvalue weighted by Gasteiger charge is 2.18. The van der Waals surface area contributed by atoms with Crippen LogP contribution in [0.2, 0.25) is 0 Å². The van der Waals surface area contributed by atoms with E-state index in [9.17, 15) is 9.59 Å². The number of rotatable bonds is 6. The average Bonchev–Trinajstić information content (AvgIpc) is 2.78. The lowest BCUT2D eigenvalue weighted by Gasteiger charge is -2.19. The van der Waals surface area contributed by atoms with E-state index in [2.05, 4.69) is 16.6 Å². The molecule has 2 N–H and O–H groups in total. The van der Waals surface area contributed by atoms with Crippen molar-refractivity contribution in [1.29, 1.82) is 0 Å². The Labute approximate surface area is 176 Å². The Kier molecular flexibility index (Phi) is 6.86. The third-order valence-corrected chi connectivity index (χ3v) is 4.50. The number of anilines is 1. The molecule has 30 heavy (non-hydrogen) atoms. The van der Waals surface area contributed by atoms with Gasteiger partial charge in [-0.15, -0.1) is 6.42 Å². The number of hydrogen-bond acceptors (Lipinski definition) is 3. The van der Waals surface area contributed by atoms with Gasteiger partial charge in [0, 0.05) is 16.8 Å². The van der Waals surface area contributed by atoms with Gasteiger partial charge in [0.15, 0.2) is 0 Å². The first-order valence-electron chi connectivity index (χ1n) is 9.48. The van der Waals surface area contributed by atoms with E-state index in [1.165, 1.54) is 0 Å². The first kappa shape index (κ1) is 20.7. The van der Waals surface area contributed by atoms with Gasteiger partial charge in [-0.2, -0.15) is 0 Å². The Balaban J connectivity index is 1.66. The minimum atomic E-state index is -0.590. The van der Waals surface area contributed by atoms with E-state index >= 15 is 0 Å². The molecular formula is C25H22N2O3. The van der Waals surface area contributed by atoms with E-state index in [1.54, 1.807) is 36.4 Å². The fourth-order valence-electron chi connectivity index (χ4n) is 2.82. The fourth-order valence-corrected chi connectivity index (χ4v) is 2.82. The average molecular weight is 398 g/mol. The quantitative estimate of drug-likeness (QED) is 0.592. The Morgan fingerprint density at radius 1 is 0.967 bits per heavy atom. The lowest BCUT2D eigenvalue weighted by molar-refractivity contribution is 0.0901. The second-order valence-corrected chi connectivity index (χ2v) is 6.75. The molecule has 0 aliphatic carbocycles. The van der Waals surface area contributed by atoms with Gasteiger partial charge in [-0.3, -0.25) is 10.1 Å². The minimum absolute atomic E-state index is 0.0180. The van der Waals surface area contributed by atoms with Crippen molar-refractivity contribution in [3.05, 3.63) is 101 Å². The third kappa shape index (κ3) is 5.73. The zero-order valence-electron chi connectivity index (χ0n) is 16.6. The molecule has 1 atom stereocenters. The van der Waals surface area contributed by atoms with Crippen molar-refractivity contribution in [3.8, 4) is 12.3 Å². The summed E-state index contributed by atoms with van der Waals surface area (Å²) in [5.74, 6) is 2.24. The summed E-state index contributed by atoms with van der Waals surface area (Å²) in [7, 11) is 0. The minimum Gasteiger partial charge on any atom is -0.447 e. The molecule has 0 spiro atoms. The van der Waals surface area contributed by atoms with Crippen molar-refractivity contribution < 1.29 is 14.3 Å². The van der Waals surface area contributed by atoms with Gasteiger partial charge in [0.25, 0.3) is 5.91 Å². The van der Waals surface area contributed by atoms with Crippen LogP contribution in [0, 0.1) is 19.3 Å². The number of aryl methyl sites for hydroxylation is 1. The Hall–Kier alpha value is -4.04. The van der Waals surface area contributed by atoms with Gasteiger partial charge in [-0.1, -0.05) is 53.9 Å². The zero-order chi connectivity index (χ0) is 21.3. The van der Waals surface area contributed by atoms with Gasteiger partial charge < -0.3 is 10.1 Å². The summed E-state index contributed by atoms with van der Waals surface area (Å²) in [4.78, 5) is 24.9. The summed E-state index contributed by atoms with van der Waals surface area (Å²) in [6, 6.07) is 23.0. The van der Waals surface area contributed by atoms with Gasteiger partial charge in [0.05, 0.1) is 6.04 Å². The number of benzene rings is 3. The molecule has 0 bridgehead atoms. The van der Waals surface area contributed by atoms with Crippen LogP contribution in [0.3, 0.4) is 0 Å². The van der Waals surface area contributed by atoms with Crippen LogP contribution in [0.25, 0.3) is 0 Å². The number of amides is 2. The number of carbonyl (C=O) groups is 2.